The molecule has 3 N–H and O–H groups in total. The lowest BCUT2D eigenvalue weighted by atomic mass is 10.1. The zero-order valence-electron chi connectivity index (χ0n) is 6.91. The summed E-state index contributed by atoms with van der Waals surface area (Å²) in [6.45, 7) is 2.52. The highest BCUT2D eigenvalue weighted by Crippen LogP contribution is 2.06. The van der Waals surface area contributed by atoms with Gasteiger partial charge in [0.05, 0.1) is 17.7 Å². The summed E-state index contributed by atoms with van der Waals surface area (Å²) in [6.07, 6.45) is 2.50. The Kier molecular flexibility index (Phi) is 6.65. The van der Waals surface area contributed by atoms with E-state index < -0.39 is 0 Å². The lowest BCUT2D eigenvalue weighted by molar-refractivity contribution is 0.0584. The summed E-state index contributed by atoms with van der Waals surface area (Å²) >= 11 is 4.70. The van der Waals surface area contributed by atoms with Gasteiger partial charge in [0.2, 0.25) is 0 Å². The molecule has 0 aromatic rings. The van der Waals surface area contributed by atoms with E-state index in [4.69, 9.17) is 22.7 Å². The molecule has 72 valence electrons. The van der Waals surface area contributed by atoms with E-state index in [0.29, 0.717) is 17.7 Å². The van der Waals surface area contributed by atoms with E-state index in [9.17, 15) is 0 Å². The molecule has 0 aromatic carbocycles. The minimum atomic E-state index is 0. The second-order valence-electron chi connectivity index (χ2n) is 2.73. The molecule has 5 heteroatoms. The van der Waals surface area contributed by atoms with Gasteiger partial charge < -0.3 is 15.8 Å². The van der Waals surface area contributed by atoms with Crippen LogP contribution in [0.2, 0.25) is 0 Å². The van der Waals surface area contributed by atoms with Crippen molar-refractivity contribution >= 4 is 29.6 Å². The number of thiocarbonyl (C=S) groups is 1. The SMILES string of the molecule is Cl.NC(=S)COC1CCNCC1. The highest BCUT2D eigenvalue weighted by molar-refractivity contribution is 7.80. The maximum absolute atomic E-state index is 5.44. The van der Waals surface area contributed by atoms with Gasteiger partial charge in [-0.2, -0.15) is 0 Å². The van der Waals surface area contributed by atoms with Gasteiger partial charge >= 0.3 is 0 Å². The summed E-state index contributed by atoms with van der Waals surface area (Å²) in [5.74, 6) is 0. The van der Waals surface area contributed by atoms with Crippen LogP contribution in [-0.2, 0) is 4.74 Å². The number of piperidine rings is 1. The summed E-state index contributed by atoms with van der Waals surface area (Å²) in [6, 6.07) is 0. The largest absolute Gasteiger partial charge is 0.391 e. The van der Waals surface area contributed by atoms with Gasteiger partial charge in [-0.25, -0.2) is 0 Å². The van der Waals surface area contributed by atoms with Crippen LogP contribution in [0.4, 0.5) is 0 Å². The van der Waals surface area contributed by atoms with Crippen LogP contribution in [0.1, 0.15) is 12.8 Å². The predicted molar refractivity (Wildman–Crippen MR) is 55.9 cm³/mol. The van der Waals surface area contributed by atoms with Crippen molar-refractivity contribution in [3.8, 4) is 0 Å². The molecule has 1 rings (SSSR count). The molecule has 1 aliphatic heterocycles. The molecular formula is C7H15ClN2OS. The van der Waals surface area contributed by atoms with Crippen LogP contribution in [0.3, 0.4) is 0 Å². The highest BCUT2D eigenvalue weighted by atomic mass is 35.5. The van der Waals surface area contributed by atoms with E-state index in [2.05, 4.69) is 5.32 Å². The first kappa shape index (κ1) is 12.1. The smallest absolute Gasteiger partial charge is 0.0989 e. The fourth-order valence-electron chi connectivity index (χ4n) is 1.16. The maximum Gasteiger partial charge on any atom is 0.0989 e. The standard InChI is InChI=1S/C7H14N2OS.ClH/c8-7(11)5-10-6-1-3-9-4-2-6;/h6,9H,1-5H2,(H2,8,11);1H. The summed E-state index contributed by atoms with van der Waals surface area (Å²) in [5, 5.41) is 3.26. The summed E-state index contributed by atoms with van der Waals surface area (Å²) in [5.41, 5.74) is 5.30. The van der Waals surface area contributed by atoms with Crippen LogP contribution < -0.4 is 11.1 Å². The molecule has 1 aliphatic rings. The summed E-state index contributed by atoms with van der Waals surface area (Å²) in [4.78, 5) is 0.448. The Bertz CT molecular complexity index is 139. The number of hydrogen-bond donors (Lipinski definition) is 2. The van der Waals surface area contributed by atoms with E-state index in [0.717, 1.165) is 25.9 Å². The minimum Gasteiger partial charge on any atom is -0.391 e. The highest BCUT2D eigenvalue weighted by Gasteiger charge is 2.12. The zero-order valence-corrected chi connectivity index (χ0v) is 8.55. The van der Waals surface area contributed by atoms with Gasteiger partial charge in [0.1, 0.15) is 0 Å². The van der Waals surface area contributed by atoms with Crippen LogP contribution in [0, 0.1) is 0 Å². The molecule has 12 heavy (non-hydrogen) atoms. The van der Waals surface area contributed by atoms with Gasteiger partial charge in [-0.3, -0.25) is 0 Å². The van der Waals surface area contributed by atoms with E-state index in [1.807, 2.05) is 0 Å². The van der Waals surface area contributed by atoms with Crippen molar-refractivity contribution in [2.24, 2.45) is 5.73 Å². The number of nitrogens with two attached hydrogens (primary N) is 1. The molecule has 0 aliphatic carbocycles. The Morgan fingerprint density at radius 3 is 2.58 bits per heavy atom. The van der Waals surface area contributed by atoms with Crippen molar-refractivity contribution in [1.29, 1.82) is 0 Å². The van der Waals surface area contributed by atoms with Crippen molar-refractivity contribution in [1.82, 2.24) is 5.32 Å². The molecule has 1 saturated heterocycles. The number of nitrogens with one attached hydrogen (secondary N) is 1. The lowest BCUT2D eigenvalue weighted by Gasteiger charge is -2.22. The molecule has 1 fully saturated rings. The molecule has 0 amide bonds. The van der Waals surface area contributed by atoms with Crippen LogP contribution in [-0.4, -0.2) is 30.8 Å². The number of hydrogen-bond acceptors (Lipinski definition) is 3. The molecule has 0 saturated carbocycles. The Morgan fingerprint density at radius 2 is 2.08 bits per heavy atom. The van der Waals surface area contributed by atoms with Crippen molar-refractivity contribution in [3.63, 3.8) is 0 Å². The quantitative estimate of drug-likeness (QED) is 0.665. The van der Waals surface area contributed by atoms with E-state index in [-0.39, 0.29) is 12.4 Å². The zero-order chi connectivity index (χ0) is 8.10. The first-order valence-corrected chi connectivity index (χ1v) is 4.30. The number of ether oxygens (including phenoxy) is 1. The molecule has 0 bridgehead atoms. The summed E-state index contributed by atoms with van der Waals surface area (Å²) < 4.78 is 5.44. The van der Waals surface area contributed by atoms with Gasteiger partial charge in [0.25, 0.3) is 0 Å². The van der Waals surface area contributed by atoms with Gasteiger partial charge in [-0.15, -0.1) is 12.4 Å². The van der Waals surface area contributed by atoms with Crippen LogP contribution in [0.15, 0.2) is 0 Å². The van der Waals surface area contributed by atoms with Crippen LogP contribution in [0.25, 0.3) is 0 Å². The molecule has 0 radical (unpaired) electrons. The Labute approximate surface area is 84.4 Å². The van der Waals surface area contributed by atoms with E-state index in [1.54, 1.807) is 0 Å². The molecule has 0 atom stereocenters. The molecule has 0 unspecified atom stereocenters. The molecular weight excluding hydrogens is 196 g/mol. The third kappa shape index (κ3) is 4.87. The van der Waals surface area contributed by atoms with Gasteiger partial charge in [-0.05, 0) is 25.9 Å². The first-order chi connectivity index (χ1) is 5.29. The first-order valence-electron chi connectivity index (χ1n) is 3.89. The number of halogens is 1. The Hall–Kier alpha value is 0.1000. The van der Waals surface area contributed by atoms with E-state index in [1.165, 1.54) is 0 Å². The Balaban J connectivity index is 0.00000121. The molecule has 1 heterocycles. The van der Waals surface area contributed by atoms with Crippen molar-refractivity contribution in [3.05, 3.63) is 0 Å². The molecule has 0 aromatic heterocycles. The molecule has 3 nitrogen and oxygen atoms in total. The van der Waals surface area contributed by atoms with Crippen molar-refractivity contribution in [2.75, 3.05) is 19.7 Å². The average molecular weight is 211 g/mol. The van der Waals surface area contributed by atoms with Gasteiger partial charge in [-0.1, -0.05) is 12.2 Å². The second-order valence-corrected chi connectivity index (χ2v) is 3.25. The maximum atomic E-state index is 5.44. The van der Waals surface area contributed by atoms with Crippen LogP contribution >= 0.6 is 24.6 Å². The van der Waals surface area contributed by atoms with E-state index >= 15 is 0 Å². The summed E-state index contributed by atoms with van der Waals surface area (Å²) in [7, 11) is 0. The van der Waals surface area contributed by atoms with Gasteiger partial charge in [0, 0.05) is 0 Å². The molecule has 0 spiro atoms. The van der Waals surface area contributed by atoms with Crippen molar-refractivity contribution in [2.45, 2.75) is 18.9 Å². The number of rotatable bonds is 3. The van der Waals surface area contributed by atoms with Gasteiger partial charge in [0.15, 0.2) is 0 Å². The lowest BCUT2D eigenvalue weighted by Crippen LogP contribution is -2.34. The van der Waals surface area contributed by atoms with Crippen molar-refractivity contribution < 1.29 is 4.74 Å². The predicted octanol–water partition coefficient (Wildman–Crippen LogP) is 0.463. The minimum absolute atomic E-state index is 0. The Morgan fingerprint density at radius 1 is 1.50 bits per heavy atom. The average Bonchev–Trinajstić information content (AvgIpc) is 2.03. The topological polar surface area (TPSA) is 47.3 Å². The third-order valence-electron chi connectivity index (χ3n) is 1.75. The van der Waals surface area contributed by atoms with Crippen LogP contribution in [0.5, 0.6) is 0 Å². The monoisotopic (exact) mass is 210 g/mol. The third-order valence-corrected chi connectivity index (χ3v) is 1.87. The fourth-order valence-corrected chi connectivity index (χ4v) is 1.23. The second kappa shape index (κ2) is 6.60. The fraction of sp³-hybridized carbons (Fsp3) is 0.857. The normalized spacial score (nSPS) is 18.3.